The maximum atomic E-state index is 13.1. The zero-order valence-corrected chi connectivity index (χ0v) is 43.1. The van der Waals surface area contributed by atoms with Crippen LogP contribution in [0.3, 0.4) is 0 Å². The third-order valence-corrected chi connectivity index (χ3v) is 10.0. The Morgan fingerprint density at radius 1 is 0.419 bits per heavy atom. The molecule has 28 heteroatoms. The van der Waals surface area contributed by atoms with E-state index in [1.165, 1.54) is 0 Å². The minimum Gasteiger partial charge on any atom is -0.394 e. The van der Waals surface area contributed by atoms with E-state index in [2.05, 4.69) is 51.8 Å². The number of Topliss-reactive ketones (excluding diaryl/α,β-unsaturated/α-hetero) is 2. The molecule has 0 aliphatic carbocycles. The molecule has 4 unspecified atom stereocenters. The number of ether oxygens (including phenoxy) is 6. The Labute approximate surface area is 431 Å². The molecule has 0 bridgehead atoms. The summed E-state index contributed by atoms with van der Waals surface area (Å²) >= 11 is 0. The van der Waals surface area contributed by atoms with E-state index < -0.39 is 74.2 Å². The fourth-order valence-corrected chi connectivity index (χ4v) is 5.90. The van der Waals surface area contributed by atoms with Crippen LogP contribution in [0.25, 0.3) is 0 Å². The molecule has 0 aliphatic heterocycles. The van der Waals surface area contributed by atoms with Gasteiger partial charge in [-0.1, -0.05) is 0 Å². The van der Waals surface area contributed by atoms with Crippen molar-refractivity contribution in [1.29, 1.82) is 0 Å². The maximum absolute atomic E-state index is 13.1. The number of hydrogen-bond donors (Lipinski definition) is 14. The first kappa shape index (κ1) is 67.1. The number of amides is 2. The summed E-state index contributed by atoms with van der Waals surface area (Å²) in [5, 5.41) is 91.7. The van der Waals surface area contributed by atoms with Crippen LogP contribution in [0, 0.1) is 0 Å². The molecule has 74 heavy (non-hydrogen) atoms. The lowest BCUT2D eigenvalue weighted by atomic mass is 10.1. The van der Waals surface area contributed by atoms with Gasteiger partial charge in [-0.3, -0.25) is 19.2 Å². The highest BCUT2D eigenvalue weighted by atomic mass is 16.5. The van der Waals surface area contributed by atoms with Gasteiger partial charge >= 0.3 is 0 Å². The molecule has 2 aromatic heterocycles. The normalized spacial score (nSPS) is 12.7. The number of carbonyl (C=O) groups is 4. The molecule has 2 amide bonds. The Morgan fingerprint density at radius 2 is 0.716 bits per heavy atom. The van der Waals surface area contributed by atoms with Crippen LogP contribution in [-0.4, -0.2) is 256 Å². The number of rotatable bonds is 44. The van der Waals surface area contributed by atoms with Crippen molar-refractivity contribution in [2.45, 2.75) is 75.8 Å². The quantitative estimate of drug-likeness (QED) is 0.0242. The predicted molar refractivity (Wildman–Crippen MR) is 270 cm³/mol. The lowest BCUT2D eigenvalue weighted by Gasteiger charge is -2.17. The first-order chi connectivity index (χ1) is 35.7. The lowest BCUT2D eigenvalue weighted by Crippen LogP contribution is -2.35. The molecule has 424 valence electrons. The van der Waals surface area contributed by atoms with Gasteiger partial charge in [0, 0.05) is 107 Å². The van der Waals surface area contributed by atoms with Crippen LogP contribution in [0.15, 0.2) is 0 Å². The van der Waals surface area contributed by atoms with E-state index in [1.54, 1.807) is 28.4 Å². The molecule has 0 saturated heterocycles. The van der Waals surface area contributed by atoms with Gasteiger partial charge in [0.05, 0.1) is 77.3 Å². The van der Waals surface area contributed by atoms with E-state index in [-0.39, 0.29) is 84.8 Å². The van der Waals surface area contributed by atoms with Crippen LogP contribution in [-0.2, 0) is 28.4 Å². The summed E-state index contributed by atoms with van der Waals surface area (Å²) in [6.45, 7) is 2.67. The second kappa shape index (κ2) is 42.3. The average molecular weight is 1060 g/mol. The number of nitrogens with one attached hydrogen (secondary N) is 6. The zero-order valence-electron chi connectivity index (χ0n) is 43.1. The second-order valence-electron chi connectivity index (χ2n) is 16.2. The predicted octanol–water partition coefficient (Wildman–Crippen LogP) is -2.42. The highest BCUT2D eigenvalue weighted by Crippen LogP contribution is 2.23. The number of carbonyl (C=O) groups excluding carboxylic acids is 4. The van der Waals surface area contributed by atoms with Gasteiger partial charge in [0.2, 0.25) is 0 Å². The standard InChI is InChI=1S/C25H45N5O10.C21H37N5O8/c1-37-11-13-39-9-3-7-26-23-21(20(35)6-5-18(33)16-31)29-24(27-8-4-10-40-14-12-38-2)22(30-23)25(36)28-15-19(34)17-32;1-33-9-3-7-22-19-17(16(31)6-5-14(29)12-27)25-20(23-8-4-10-34-2)18(26-19)21(32)24-11-15(30)13-28/h18-19,31-34H,3-17H2,1-2H3,(H,26,30)(H,27,29)(H,28,36);14-15,27-30H,3-13H2,1-2H3,(H,22,26)(H,23,25)(H,24,32). The van der Waals surface area contributed by atoms with Crippen LogP contribution in [0.4, 0.5) is 23.3 Å². The van der Waals surface area contributed by atoms with Crippen molar-refractivity contribution in [3.8, 4) is 0 Å². The molecule has 4 atom stereocenters. The Morgan fingerprint density at radius 3 is 1.03 bits per heavy atom. The van der Waals surface area contributed by atoms with E-state index in [4.69, 9.17) is 48.8 Å². The second-order valence-corrected chi connectivity index (χ2v) is 16.2. The van der Waals surface area contributed by atoms with Gasteiger partial charge in [0.1, 0.15) is 0 Å². The molecule has 0 aromatic carbocycles. The molecule has 0 radical (unpaired) electrons. The van der Waals surface area contributed by atoms with Crippen molar-refractivity contribution in [2.75, 3.05) is 168 Å². The minimum atomic E-state index is -1.16. The minimum absolute atomic E-state index is 0.0104. The molecular weight excluding hydrogens is 981 g/mol. The Bertz CT molecular complexity index is 1730. The molecule has 0 aliphatic rings. The molecule has 28 nitrogen and oxygen atoms in total. The van der Waals surface area contributed by atoms with Gasteiger partial charge in [-0.25, -0.2) is 19.9 Å². The number of aliphatic hydroxyl groups is 8. The summed E-state index contributed by atoms with van der Waals surface area (Å²) in [6, 6.07) is 0. The van der Waals surface area contributed by atoms with Gasteiger partial charge in [-0.05, 0) is 38.5 Å². The van der Waals surface area contributed by atoms with Crippen LogP contribution in [0.5, 0.6) is 0 Å². The largest absolute Gasteiger partial charge is 0.394 e. The summed E-state index contributed by atoms with van der Waals surface area (Å²) in [5.41, 5.74) is -0.250. The van der Waals surface area contributed by atoms with Crippen molar-refractivity contribution in [2.24, 2.45) is 0 Å². The number of aromatic nitrogens is 4. The van der Waals surface area contributed by atoms with Gasteiger partial charge < -0.3 is 101 Å². The number of nitrogens with zero attached hydrogens (tertiary/aromatic N) is 4. The molecule has 2 aromatic rings. The number of aliphatic hydroxyl groups excluding tert-OH is 8. The fourth-order valence-electron chi connectivity index (χ4n) is 5.90. The topological polar surface area (TPSA) is 409 Å². The molecule has 2 rings (SSSR count). The number of anilines is 4. The van der Waals surface area contributed by atoms with E-state index in [0.717, 1.165) is 0 Å². The molecule has 0 fully saturated rings. The number of ketones is 2. The lowest BCUT2D eigenvalue weighted by molar-refractivity contribution is 0.0705. The third-order valence-electron chi connectivity index (χ3n) is 10.0. The zero-order chi connectivity index (χ0) is 54.9. The summed E-state index contributed by atoms with van der Waals surface area (Å²) in [4.78, 5) is 69.2. The van der Waals surface area contributed by atoms with Crippen LogP contribution in [0.2, 0.25) is 0 Å². The van der Waals surface area contributed by atoms with Crippen molar-refractivity contribution in [3.05, 3.63) is 22.8 Å². The smallest absolute Gasteiger partial charge is 0.273 e. The molecular formula is C46H82N10O18. The maximum Gasteiger partial charge on any atom is 0.273 e. The van der Waals surface area contributed by atoms with Crippen molar-refractivity contribution >= 4 is 46.7 Å². The summed E-state index contributed by atoms with van der Waals surface area (Å²) in [6.07, 6.45) is -2.19. The van der Waals surface area contributed by atoms with E-state index in [9.17, 15) is 39.6 Å². The fraction of sp³-hybridized carbons (Fsp3) is 0.739. The van der Waals surface area contributed by atoms with Crippen molar-refractivity contribution < 1.29 is 88.5 Å². The van der Waals surface area contributed by atoms with E-state index in [0.29, 0.717) is 105 Å². The van der Waals surface area contributed by atoms with Gasteiger partial charge in [-0.2, -0.15) is 0 Å². The average Bonchev–Trinajstić information content (AvgIpc) is 3.41. The SMILES string of the molecule is COCCCNc1nc(C(=O)NCC(O)CO)c(NCCCOC)nc1C(=O)CCC(O)CO.COCCOCCCNc1nc(C(=O)NCC(O)CO)c(NCCCOCCOC)nc1C(=O)CCC(O)CO. The first-order valence-electron chi connectivity index (χ1n) is 24.4. The molecule has 0 saturated carbocycles. The summed E-state index contributed by atoms with van der Waals surface area (Å²) in [5.74, 6) is -1.89. The highest BCUT2D eigenvalue weighted by molar-refractivity contribution is 6.03. The first-order valence-corrected chi connectivity index (χ1v) is 24.4. The number of methoxy groups -OCH3 is 4. The molecule has 0 spiro atoms. The van der Waals surface area contributed by atoms with Crippen LogP contribution in [0.1, 0.15) is 93.3 Å². The Balaban J connectivity index is 0.000000750. The van der Waals surface area contributed by atoms with Gasteiger partial charge in [0.15, 0.2) is 57.6 Å². The summed E-state index contributed by atoms with van der Waals surface area (Å²) < 4.78 is 30.8. The Hall–Kier alpha value is -4.92. The highest BCUT2D eigenvalue weighted by Gasteiger charge is 2.26. The summed E-state index contributed by atoms with van der Waals surface area (Å²) in [7, 11) is 6.28. The molecule has 2 heterocycles. The van der Waals surface area contributed by atoms with E-state index >= 15 is 0 Å². The van der Waals surface area contributed by atoms with Crippen molar-refractivity contribution in [3.63, 3.8) is 0 Å². The van der Waals surface area contributed by atoms with Crippen LogP contribution >= 0.6 is 0 Å². The monoisotopic (exact) mass is 1060 g/mol. The van der Waals surface area contributed by atoms with Crippen LogP contribution < -0.4 is 31.9 Å². The number of hydrogen-bond acceptors (Lipinski definition) is 26. The Kier molecular flexibility index (Phi) is 38.4. The van der Waals surface area contributed by atoms with Crippen molar-refractivity contribution in [1.82, 2.24) is 30.6 Å². The van der Waals surface area contributed by atoms with E-state index in [1.807, 2.05) is 0 Å². The van der Waals surface area contributed by atoms with Gasteiger partial charge in [-0.15, -0.1) is 0 Å². The molecule has 14 N–H and O–H groups in total. The van der Waals surface area contributed by atoms with Gasteiger partial charge in [0.25, 0.3) is 11.8 Å². The third kappa shape index (κ3) is 28.7.